The van der Waals surface area contributed by atoms with Crippen LogP contribution < -0.4 is 5.56 Å². The third-order valence-electron chi connectivity index (χ3n) is 3.00. The molecular formula is C13H18N4O. The molecule has 0 fully saturated rings. The van der Waals surface area contributed by atoms with E-state index in [1.807, 2.05) is 19.9 Å². The lowest BCUT2D eigenvalue weighted by atomic mass is 10.3. The summed E-state index contributed by atoms with van der Waals surface area (Å²) in [7, 11) is 0. The summed E-state index contributed by atoms with van der Waals surface area (Å²) in [5.74, 6) is 0.385. The number of rotatable bonds is 4. The topological polar surface area (TPSA) is 52.7 Å². The molecule has 2 rings (SSSR count). The van der Waals surface area contributed by atoms with Gasteiger partial charge in [0, 0.05) is 24.6 Å². The zero-order valence-electron chi connectivity index (χ0n) is 11.1. The Morgan fingerprint density at radius 1 is 1.22 bits per heavy atom. The fourth-order valence-corrected chi connectivity index (χ4v) is 1.91. The molecular weight excluding hydrogens is 228 g/mol. The first-order valence-electron chi connectivity index (χ1n) is 6.34. The molecule has 0 unspecified atom stereocenters. The molecule has 0 radical (unpaired) electrons. The van der Waals surface area contributed by atoms with Crippen molar-refractivity contribution in [2.45, 2.75) is 40.2 Å². The third kappa shape index (κ3) is 2.08. The van der Waals surface area contributed by atoms with Gasteiger partial charge >= 0.3 is 0 Å². The zero-order valence-corrected chi connectivity index (χ0v) is 11.1. The molecule has 2 aromatic heterocycles. The highest BCUT2D eigenvalue weighted by molar-refractivity contribution is 5.24. The first-order valence-corrected chi connectivity index (χ1v) is 6.34. The molecule has 0 saturated carbocycles. The second-order valence-corrected chi connectivity index (χ2v) is 4.09. The van der Waals surface area contributed by atoms with Crippen LogP contribution in [-0.4, -0.2) is 19.3 Å². The first kappa shape index (κ1) is 12.5. The van der Waals surface area contributed by atoms with Crippen LogP contribution >= 0.6 is 0 Å². The van der Waals surface area contributed by atoms with Crippen LogP contribution in [0.5, 0.6) is 0 Å². The molecule has 0 amide bonds. The summed E-state index contributed by atoms with van der Waals surface area (Å²) >= 11 is 0. The van der Waals surface area contributed by atoms with E-state index >= 15 is 0 Å². The van der Waals surface area contributed by atoms with Gasteiger partial charge in [-0.15, -0.1) is 0 Å². The second-order valence-electron chi connectivity index (χ2n) is 4.09. The van der Waals surface area contributed by atoms with E-state index < -0.39 is 0 Å². The molecule has 0 aromatic carbocycles. The standard InChI is InChI=1S/C13H18N4O/c1-4-10-9-11(5-2)17(15-10)12-13(18)16(6-3)8-7-14-12/h7-9H,4-6H2,1-3H3. The van der Waals surface area contributed by atoms with E-state index in [-0.39, 0.29) is 5.56 Å². The molecule has 0 N–H and O–H groups in total. The van der Waals surface area contributed by atoms with Crippen molar-refractivity contribution in [2.75, 3.05) is 0 Å². The quantitative estimate of drug-likeness (QED) is 0.823. The van der Waals surface area contributed by atoms with Crippen LogP contribution in [0, 0.1) is 0 Å². The van der Waals surface area contributed by atoms with Crippen molar-refractivity contribution < 1.29 is 0 Å². The van der Waals surface area contributed by atoms with E-state index in [0.717, 1.165) is 24.2 Å². The van der Waals surface area contributed by atoms with Gasteiger partial charge in [-0.25, -0.2) is 9.67 Å². The van der Waals surface area contributed by atoms with Crippen molar-refractivity contribution in [1.29, 1.82) is 0 Å². The minimum atomic E-state index is -0.0968. The van der Waals surface area contributed by atoms with Gasteiger partial charge in [-0.2, -0.15) is 5.10 Å². The highest BCUT2D eigenvalue weighted by Gasteiger charge is 2.12. The summed E-state index contributed by atoms with van der Waals surface area (Å²) in [6.45, 7) is 6.67. The largest absolute Gasteiger partial charge is 0.311 e. The number of aryl methyl sites for hydroxylation is 3. The molecule has 0 spiro atoms. The Labute approximate surface area is 106 Å². The lowest BCUT2D eigenvalue weighted by Crippen LogP contribution is -2.26. The summed E-state index contributed by atoms with van der Waals surface area (Å²) in [5, 5.41) is 4.45. The number of aromatic nitrogens is 4. The average molecular weight is 246 g/mol. The smallest absolute Gasteiger partial charge is 0.295 e. The Balaban J connectivity index is 2.61. The van der Waals surface area contributed by atoms with E-state index in [4.69, 9.17) is 0 Å². The van der Waals surface area contributed by atoms with Crippen LogP contribution in [0.2, 0.25) is 0 Å². The lowest BCUT2D eigenvalue weighted by molar-refractivity contribution is 0.680. The first-order chi connectivity index (χ1) is 8.71. The summed E-state index contributed by atoms with van der Waals surface area (Å²) in [6.07, 6.45) is 5.03. The van der Waals surface area contributed by atoms with Crippen molar-refractivity contribution in [3.63, 3.8) is 0 Å². The minimum Gasteiger partial charge on any atom is -0.311 e. The molecule has 0 aliphatic rings. The summed E-state index contributed by atoms with van der Waals surface area (Å²) in [4.78, 5) is 16.4. The Bertz CT molecular complexity index is 597. The SMILES string of the molecule is CCc1cc(CC)n(-c2nccn(CC)c2=O)n1. The van der Waals surface area contributed by atoms with Gasteiger partial charge in [-0.3, -0.25) is 4.79 Å². The molecule has 96 valence electrons. The Morgan fingerprint density at radius 2 is 2.00 bits per heavy atom. The lowest BCUT2D eigenvalue weighted by Gasteiger charge is -2.06. The molecule has 0 bridgehead atoms. The van der Waals surface area contributed by atoms with E-state index in [2.05, 4.69) is 17.0 Å². The third-order valence-corrected chi connectivity index (χ3v) is 3.00. The fourth-order valence-electron chi connectivity index (χ4n) is 1.91. The zero-order chi connectivity index (χ0) is 13.1. The summed E-state index contributed by atoms with van der Waals surface area (Å²) in [6, 6.07) is 2.03. The predicted octanol–water partition coefficient (Wildman–Crippen LogP) is 1.57. The van der Waals surface area contributed by atoms with Gasteiger partial charge in [-0.05, 0) is 25.8 Å². The van der Waals surface area contributed by atoms with Gasteiger partial charge in [0.25, 0.3) is 5.56 Å². The highest BCUT2D eigenvalue weighted by atomic mass is 16.1. The molecule has 2 aromatic rings. The fraction of sp³-hybridized carbons (Fsp3) is 0.462. The Hall–Kier alpha value is -1.91. The van der Waals surface area contributed by atoms with Crippen molar-refractivity contribution in [3.8, 4) is 5.82 Å². The molecule has 5 heteroatoms. The van der Waals surface area contributed by atoms with Crippen LogP contribution in [0.15, 0.2) is 23.3 Å². The van der Waals surface area contributed by atoms with Crippen LogP contribution in [0.4, 0.5) is 0 Å². The average Bonchev–Trinajstić information content (AvgIpc) is 2.82. The second kappa shape index (κ2) is 5.16. The van der Waals surface area contributed by atoms with E-state index in [1.165, 1.54) is 0 Å². The summed E-state index contributed by atoms with van der Waals surface area (Å²) < 4.78 is 3.31. The van der Waals surface area contributed by atoms with Gasteiger partial charge in [-0.1, -0.05) is 13.8 Å². The maximum absolute atomic E-state index is 12.2. The molecule has 0 aliphatic carbocycles. The molecule has 0 saturated heterocycles. The normalized spacial score (nSPS) is 10.8. The maximum atomic E-state index is 12.2. The van der Waals surface area contributed by atoms with Gasteiger partial charge in [0.05, 0.1) is 5.69 Å². The van der Waals surface area contributed by atoms with Crippen LogP contribution in [0.1, 0.15) is 32.2 Å². The van der Waals surface area contributed by atoms with Crippen molar-refractivity contribution in [3.05, 3.63) is 40.2 Å². The van der Waals surface area contributed by atoms with Crippen molar-refractivity contribution in [1.82, 2.24) is 19.3 Å². The number of nitrogens with zero attached hydrogens (tertiary/aromatic N) is 4. The van der Waals surface area contributed by atoms with E-state index in [1.54, 1.807) is 21.6 Å². The van der Waals surface area contributed by atoms with Crippen molar-refractivity contribution >= 4 is 0 Å². The predicted molar refractivity (Wildman–Crippen MR) is 70.0 cm³/mol. The van der Waals surface area contributed by atoms with E-state index in [9.17, 15) is 4.79 Å². The van der Waals surface area contributed by atoms with E-state index in [0.29, 0.717) is 12.4 Å². The van der Waals surface area contributed by atoms with Gasteiger partial charge in [0.1, 0.15) is 0 Å². The molecule has 5 nitrogen and oxygen atoms in total. The minimum absolute atomic E-state index is 0.0968. The molecule has 0 aliphatic heterocycles. The molecule has 0 atom stereocenters. The van der Waals surface area contributed by atoms with Gasteiger partial charge in [0.15, 0.2) is 0 Å². The van der Waals surface area contributed by atoms with Gasteiger partial charge < -0.3 is 4.57 Å². The number of hydrogen-bond acceptors (Lipinski definition) is 3. The number of hydrogen-bond donors (Lipinski definition) is 0. The van der Waals surface area contributed by atoms with Crippen LogP contribution in [0.25, 0.3) is 5.82 Å². The molecule has 2 heterocycles. The Morgan fingerprint density at radius 3 is 2.61 bits per heavy atom. The maximum Gasteiger partial charge on any atom is 0.295 e. The monoisotopic (exact) mass is 246 g/mol. The molecule has 18 heavy (non-hydrogen) atoms. The van der Waals surface area contributed by atoms with Gasteiger partial charge in [0.2, 0.25) is 5.82 Å². The highest BCUT2D eigenvalue weighted by Crippen LogP contribution is 2.09. The summed E-state index contributed by atoms with van der Waals surface area (Å²) in [5.41, 5.74) is 1.91. The van der Waals surface area contributed by atoms with Crippen LogP contribution in [0.3, 0.4) is 0 Å². The van der Waals surface area contributed by atoms with Crippen LogP contribution in [-0.2, 0) is 19.4 Å². The Kier molecular flexibility index (Phi) is 3.60. The van der Waals surface area contributed by atoms with Crippen molar-refractivity contribution in [2.24, 2.45) is 0 Å².